The van der Waals surface area contributed by atoms with Crippen molar-refractivity contribution in [2.75, 3.05) is 20.3 Å². The standard InChI is InChI=1S/C11H11NS.C8H14O3/c1-8-4-3-5-10(6-8)11-12-9(2)7-13-11;1-3-8(9)11-7-5-4-6-10-2/h3-7H,1-2H3;3H,1,4-7H2,2H3. The molecular formula is C19H25NO3S. The normalized spacial score (nSPS) is 9.79. The van der Waals surface area contributed by atoms with E-state index in [0.717, 1.165) is 29.6 Å². The summed E-state index contributed by atoms with van der Waals surface area (Å²) >= 11 is 1.70. The molecule has 1 heterocycles. The van der Waals surface area contributed by atoms with Crippen LogP contribution in [-0.4, -0.2) is 31.3 Å². The molecule has 0 amide bonds. The third kappa shape index (κ3) is 8.04. The van der Waals surface area contributed by atoms with Crippen LogP contribution < -0.4 is 0 Å². The van der Waals surface area contributed by atoms with Crippen LogP contribution in [0.5, 0.6) is 0 Å². The number of thiazole rings is 1. The SMILES string of the molecule is C=CC(=O)OCCCCOC.Cc1cccc(-c2nc(C)cs2)c1. The first-order valence-corrected chi connectivity index (χ1v) is 8.72. The minimum absolute atomic E-state index is 0.359. The molecule has 0 saturated heterocycles. The number of esters is 1. The van der Waals surface area contributed by atoms with Crippen LogP contribution >= 0.6 is 11.3 Å². The molecule has 24 heavy (non-hydrogen) atoms. The summed E-state index contributed by atoms with van der Waals surface area (Å²) in [4.78, 5) is 14.9. The van der Waals surface area contributed by atoms with Crippen molar-refractivity contribution in [1.82, 2.24) is 4.98 Å². The fraction of sp³-hybridized carbons (Fsp3) is 0.368. The van der Waals surface area contributed by atoms with E-state index in [-0.39, 0.29) is 5.97 Å². The number of aryl methyl sites for hydroxylation is 2. The van der Waals surface area contributed by atoms with E-state index < -0.39 is 0 Å². The predicted molar refractivity (Wildman–Crippen MR) is 99.3 cm³/mol. The zero-order chi connectivity index (χ0) is 17.8. The molecule has 0 aliphatic heterocycles. The van der Waals surface area contributed by atoms with Crippen molar-refractivity contribution >= 4 is 17.3 Å². The van der Waals surface area contributed by atoms with Gasteiger partial charge in [0.05, 0.1) is 6.61 Å². The first-order valence-electron chi connectivity index (χ1n) is 7.84. The average molecular weight is 347 g/mol. The Morgan fingerprint density at radius 2 is 2.04 bits per heavy atom. The number of unbranched alkanes of at least 4 members (excludes halogenated alkanes) is 1. The number of ether oxygens (including phenoxy) is 2. The van der Waals surface area contributed by atoms with Crippen LogP contribution in [0.1, 0.15) is 24.1 Å². The Hall–Kier alpha value is -1.98. The second kappa shape index (κ2) is 11.5. The van der Waals surface area contributed by atoms with E-state index in [2.05, 4.69) is 48.1 Å². The van der Waals surface area contributed by atoms with Crippen molar-refractivity contribution in [2.24, 2.45) is 0 Å². The Morgan fingerprint density at radius 3 is 2.62 bits per heavy atom. The van der Waals surface area contributed by atoms with Gasteiger partial charge in [-0.25, -0.2) is 9.78 Å². The first-order chi connectivity index (χ1) is 11.6. The summed E-state index contributed by atoms with van der Waals surface area (Å²) in [5, 5.41) is 3.19. The summed E-state index contributed by atoms with van der Waals surface area (Å²) in [6, 6.07) is 8.44. The highest BCUT2D eigenvalue weighted by atomic mass is 32.1. The quantitative estimate of drug-likeness (QED) is 0.418. The van der Waals surface area contributed by atoms with Crippen LogP contribution in [0.4, 0.5) is 0 Å². The molecular weight excluding hydrogens is 322 g/mol. The Labute approximate surface area is 148 Å². The minimum atomic E-state index is -0.359. The van der Waals surface area contributed by atoms with Gasteiger partial charge in [-0.15, -0.1) is 11.3 Å². The van der Waals surface area contributed by atoms with Crippen molar-refractivity contribution in [2.45, 2.75) is 26.7 Å². The molecule has 0 aliphatic rings. The predicted octanol–water partition coefficient (Wildman–Crippen LogP) is 4.57. The summed E-state index contributed by atoms with van der Waals surface area (Å²) < 4.78 is 9.54. The summed E-state index contributed by atoms with van der Waals surface area (Å²) in [6.45, 7) is 8.57. The number of rotatable bonds is 7. The zero-order valence-corrected chi connectivity index (χ0v) is 15.4. The van der Waals surface area contributed by atoms with E-state index in [0.29, 0.717) is 13.2 Å². The van der Waals surface area contributed by atoms with Crippen LogP contribution in [0.15, 0.2) is 42.3 Å². The molecule has 0 saturated carbocycles. The maximum atomic E-state index is 10.5. The molecule has 4 nitrogen and oxygen atoms in total. The van der Waals surface area contributed by atoms with Gasteiger partial charge in [0.1, 0.15) is 5.01 Å². The van der Waals surface area contributed by atoms with Crippen molar-refractivity contribution in [3.8, 4) is 10.6 Å². The van der Waals surface area contributed by atoms with Crippen LogP contribution in [0.3, 0.4) is 0 Å². The lowest BCUT2D eigenvalue weighted by Crippen LogP contribution is -2.02. The van der Waals surface area contributed by atoms with Gasteiger partial charge in [0.15, 0.2) is 0 Å². The second-order valence-corrected chi connectivity index (χ2v) is 6.09. The molecule has 2 aromatic rings. The molecule has 0 radical (unpaired) electrons. The van der Waals surface area contributed by atoms with E-state index in [1.54, 1.807) is 18.4 Å². The molecule has 0 atom stereocenters. The zero-order valence-electron chi connectivity index (χ0n) is 14.6. The Morgan fingerprint density at radius 1 is 1.29 bits per heavy atom. The van der Waals surface area contributed by atoms with E-state index in [9.17, 15) is 4.79 Å². The molecule has 0 spiro atoms. The van der Waals surface area contributed by atoms with Crippen LogP contribution in [0.2, 0.25) is 0 Å². The highest BCUT2D eigenvalue weighted by molar-refractivity contribution is 7.13. The van der Waals surface area contributed by atoms with Crippen molar-refractivity contribution in [1.29, 1.82) is 0 Å². The maximum absolute atomic E-state index is 10.5. The molecule has 0 fully saturated rings. The van der Waals surface area contributed by atoms with Gasteiger partial charge >= 0.3 is 5.97 Å². The summed E-state index contributed by atoms with van der Waals surface area (Å²) in [7, 11) is 1.65. The number of carbonyl (C=O) groups is 1. The topological polar surface area (TPSA) is 48.4 Å². The van der Waals surface area contributed by atoms with Gasteiger partial charge in [-0.05, 0) is 32.8 Å². The number of benzene rings is 1. The average Bonchev–Trinajstić information content (AvgIpc) is 3.01. The lowest BCUT2D eigenvalue weighted by Gasteiger charge is -2.00. The van der Waals surface area contributed by atoms with Gasteiger partial charge in [0, 0.05) is 36.4 Å². The summed E-state index contributed by atoms with van der Waals surface area (Å²) in [5.41, 5.74) is 3.60. The van der Waals surface area contributed by atoms with Gasteiger partial charge in [0.2, 0.25) is 0 Å². The molecule has 0 N–H and O–H groups in total. The molecule has 2 rings (SSSR count). The monoisotopic (exact) mass is 347 g/mol. The summed E-state index contributed by atoms with van der Waals surface area (Å²) in [5.74, 6) is -0.359. The lowest BCUT2D eigenvalue weighted by atomic mass is 10.1. The van der Waals surface area contributed by atoms with Gasteiger partial charge in [-0.1, -0.05) is 30.3 Å². The van der Waals surface area contributed by atoms with Crippen molar-refractivity contribution in [3.63, 3.8) is 0 Å². The summed E-state index contributed by atoms with van der Waals surface area (Å²) in [6.07, 6.45) is 2.92. The van der Waals surface area contributed by atoms with E-state index in [1.165, 1.54) is 11.1 Å². The Kier molecular flexibility index (Phi) is 9.65. The number of nitrogens with zero attached hydrogens (tertiary/aromatic N) is 1. The van der Waals surface area contributed by atoms with Crippen molar-refractivity contribution in [3.05, 3.63) is 53.6 Å². The molecule has 0 unspecified atom stereocenters. The van der Waals surface area contributed by atoms with Gasteiger partial charge in [-0.3, -0.25) is 0 Å². The van der Waals surface area contributed by atoms with E-state index in [1.807, 2.05) is 6.92 Å². The largest absolute Gasteiger partial charge is 0.463 e. The van der Waals surface area contributed by atoms with Crippen LogP contribution in [0.25, 0.3) is 10.6 Å². The van der Waals surface area contributed by atoms with Gasteiger partial charge < -0.3 is 9.47 Å². The molecule has 0 aliphatic carbocycles. The van der Waals surface area contributed by atoms with Crippen molar-refractivity contribution < 1.29 is 14.3 Å². The fourth-order valence-corrected chi connectivity index (χ4v) is 2.64. The molecule has 130 valence electrons. The van der Waals surface area contributed by atoms with E-state index in [4.69, 9.17) is 9.47 Å². The first kappa shape index (κ1) is 20.1. The number of methoxy groups -OCH3 is 1. The third-order valence-corrected chi connectivity index (χ3v) is 4.05. The molecule has 1 aromatic carbocycles. The molecule has 0 bridgehead atoms. The number of hydrogen-bond acceptors (Lipinski definition) is 5. The number of aromatic nitrogens is 1. The number of hydrogen-bond donors (Lipinski definition) is 0. The van der Waals surface area contributed by atoms with Gasteiger partial charge in [0.25, 0.3) is 0 Å². The van der Waals surface area contributed by atoms with Crippen LogP contribution in [-0.2, 0) is 14.3 Å². The van der Waals surface area contributed by atoms with E-state index >= 15 is 0 Å². The van der Waals surface area contributed by atoms with Crippen LogP contribution in [0, 0.1) is 13.8 Å². The second-order valence-electron chi connectivity index (χ2n) is 5.24. The number of carbonyl (C=O) groups excluding carboxylic acids is 1. The molecule has 1 aromatic heterocycles. The molecule has 5 heteroatoms. The fourth-order valence-electron chi connectivity index (χ4n) is 1.84. The minimum Gasteiger partial charge on any atom is -0.463 e. The Bertz CT molecular complexity index is 637. The highest BCUT2D eigenvalue weighted by Gasteiger charge is 2.01. The Balaban J connectivity index is 0.000000245. The highest BCUT2D eigenvalue weighted by Crippen LogP contribution is 2.23. The van der Waals surface area contributed by atoms with Gasteiger partial charge in [-0.2, -0.15) is 0 Å². The maximum Gasteiger partial charge on any atom is 0.330 e. The smallest absolute Gasteiger partial charge is 0.330 e. The third-order valence-electron chi connectivity index (χ3n) is 3.04. The lowest BCUT2D eigenvalue weighted by molar-refractivity contribution is -0.137.